The van der Waals surface area contributed by atoms with Gasteiger partial charge in [-0.05, 0) is 70.6 Å². The first kappa shape index (κ1) is 23.7. The molecule has 0 bridgehead atoms. The smallest absolute Gasteiger partial charge is 0.410 e. The van der Waals surface area contributed by atoms with Crippen LogP contribution >= 0.6 is 11.6 Å². The molecule has 0 aliphatic carbocycles. The molecule has 2 aliphatic heterocycles. The van der Waals surface area contributed by atoms with Crippen LogP contribution < -0.4 is 10.1 Å². The van der Waals surface area contributed by atoms with E-state index in [1.807, 2.05) is 20.8 Å². The molecule has 3 rings (SSSR count). The van der Waals surface area contributed by atoms with Crippen molar-refractivity contribution in [3.63, 3.8) is 0 Å². The highest BCUT2D eigenvalue weighted by Crippen LogP contribution is 2.30. The van der Waals surface area contributed by atoms with Crippen molar-refractivity contribution in [2.75, 3.05) is 31.6 Å². The van der Waals surface area contributed by atoms with Gasteiger partial charge in [0.05, 0.1) is 11.8 Å². The molecule has 2 fully saturated rings. The molecule has 2 amide bonds. The lowest BCUT2D eigenvalue weighted by Gasteiger charge is -2.33. The molecule has 1 atom stereocenters. The van der Waals surface area contributed by atoms with Crippen molar-refractivity contribution in [2.45, 2.75) is 64.6 Å². The van der Waals surface area contributed by atoms with Crippen LogP contribution in [-0.4, -0.2) is 54.9 Å². The predicted molar refractivity (Wildman–Crippen MR) is 120 cm³/mol. The van der Waals surface area contributed by atoms with E-state index in [1.165, 1.54) is 0 Å². The first-order valence-corrected chi connectivity index (χ1v) is 11.4. The van der Waals surface area contributed by atoms with E-state index in [2.05, 4.69) is 5.32 Å². The van der Waals surface area contributed by atoms with Gasteiger partial charge < -0.3 is 24.4 Å². The van der Waals surface area contributed by atoms with Crippen molar-refractivity contribution >= 4 is 29.3 Å². The molecule has 0 saturated carbocycles. The lowest BCUT2D eigenvalue weighted by Crippen LogP contribution is -2.42. The van der Waals surface area contributed by atoms with E-state index in [-0.39, 0.29) is 24.0 Å². The first-order chi connectivity index (χ1) is 14.7. The van der Waals surface area contributed by atoms with Crippen molar-refractivity contribution in [3.8, 4) is 5.75 Å². The Morgan fingerprint density at radius 1 is 1.23 bits per heavy atom. The molecule has 2 aliphatic rings. The van der Waals surface area contributed by atoms with Gasteiger partial charge in [-0.1, -0.05) is 11.6 Å². The maximum absolute atomic E-state index is 12.7. The monoisotopic (exact) mass is 452 g/mol. The number of rotatable bonds is 6. The van der Waals surface area contributed by atoms with Gasteiger partial charge in [0.2, 0.25) is 5.91 Å². The lowest BCUT2D eigenvalue weighted by atomic mass is 9.93. The minimum Gasteiger partial charge on any atom is -0.489 e. The molecule has 31 heavy (non-hydrogen) atoms. The third-order valence-corrected chi connectivity index (χ3v) is 5.64. The van der Waals surface area contributed by atoms with Crippen LogP contribution in [0.3, 0.4) is 0 Å². The number of nitrogens with one attached hydrogen (secondary N) is 1. The van der Waals surface area contributed by atoms with Crippen molar-refractivity contribution in [1.82, 2.24) is 4.90 Å². The number of hydrogen-bond acceptors (Lipinski definition) is 5. The molecule has 2 heterocycles. The average molecular weight is 453 g/mol. The van der Waals surface area contributed by atoms with Crippen LogP contribution in [-0.2, 0) is 14.3 Å². The van der Waals surface area contributed by atoms with Gasteiger partial charge in [-0.2, -0.15) is 0 Å². The van der Waals surface area contributed by atoms with E-state index in [4.69, 9.17) is 25.8 Å². The van der Waals surface area contributed by atoms with Gasteiger partial charge >= 0.3 is 6.09 Å². The van der Waals surface area contributed by atoms with Crippen molar-refractivity contribution in [3.05, 3.63) is 23.2 Å². The summed E-state index contributed by atoms with van der Waals surface area (Å²) in [6.07, 6.45) is 3.76. The molecule has 7 nitrogen and oxygen atoms in total. The van der Waals surface area contributed by atoms with Crippen LogP contribution in [0.1, 0.15) is 52.9 Å². The SMILES string of the molecule is CC(C)(C)OC(=O)N1CCC(CC(=O)Nc2cc(Cl)ccc2OCC2CCCO2)CC1. The van der Waals surface area contributed by atoms with Gasteiger partial charge in [0.1, 0.15) is 18.0 Å². The summed E-state index contributed by atoms with van der Waals surface area (Å²) in [5, 5.41) is 3.48. The summed E-state index contributed by atoms with van der Waals surface area (Å²) >= 11 is 6.13. The number of hydrogen-bond donors (Lipinski definition) is 1. The summed E-state index contributed by atoms with van der Waals surface area (Å²) < 4.78 is 16.9. The number of halogens is 1. The number of ether oxygens (including phenoxy) is 3. The maximum Gasteiger partial charge on any atom is 0.410 e. The highest BCUT2D eigenvalue weighted by atomic mass is 35.5. The molecule has 0 radical (unpaired) electrons. The fourth-order valence-electron chi connectivity index (χ4n) is 3.79. The number of carbonyl (C=O) groups is 2. The van der Waals surface area contributed by atoms with E-state index < -0.39 is 5.60 Å². The molecule has 1 N–H and O–H groups in total. The summed E-state index contributed by atoms with van der Waals surface area (Å²) in [6.45, 7) is 7.99. The quantitative estimate of drug-likeness (QED) is 0.666. The Labute approximate surface area is 189 Å². The zero-order valence-electron chi connectivity index (χ0n) is 18.6. The topological polar surface area (TPSA) is 77.1 Å². The van der Waals surface area contributed by atoms with E-state index in [9.17, 15) is 9.59 Å². The second-order valence-corrected chi connectivity index (χ2v) is 9.69. The number of carbonyl (C=O) groups excluding carboxylic acids is 2. The van der Waals surface area contributed by atoms with Gasteiger partial charge in [-0.15, -0.1) is 0 Å². The van der Waals surface area contributed by atoms with Crippen LogP contribution in [0.5, 0.6) is 5.75 Å². The second kappa shape index (κ2) is 10.6. The van der Waals surface area contributed by atoms with Crippen molar-refractivity contribution in [1.29, 1.82) is 0 Å². The van der Waals surface area contributed by atoms with Crippen LogP contribution in [0, 0.1) is 5.92 Å². The molecule has 8 heteroatoms. The van der Waals surface area contributed by atoms with Crippen molar-refractivity contribution in [2.24, 2.45) is 5.92 Å². The zero-order chi connectivity index (χ0) is 22.4. The van der Waals surface area contributed by atoms with Crippen LogP contribution in [0.15, 0.2) is 18.2 Å². The van der Waals surface area contributed by atoms with Crippen LogP contribution in [0.2, 0.25) is 5.02 Å². The standard InChI is InChI=1S/C23H33ClN2O5/c1-23(2,3)31-22(28)26-10-8-16(9-11-26)13-21(27)25-19-14-17(24)6-7-20(19)30-15-18-5-4-12-29-18/h6-7,14,16,18H,4-5,8-13,15H2,1-3H3,(H,25,27). The normalized spacial score (nSPS) is 19.9. The average Bonchev–Trinajstić information content (AvgIpc) is 3.20. The molecule has 1 aromatic rings. The van der Waals surface area contributed by atoms with E-state index in [1.54, 1.807) is 23.1 Å². The first-order valence-electron chi connectivity index (χ1n) is 11.0. The Hall–Kier alpha value is -1.99. The van der Waals surface area contributed by atoms with Gasteiger partial charge in [-0.25, -0.2) is 4.79 Å². The molecular weight excluding hydrogens is 420 g/mol. The van der Waals surface area contributed by atoms with E-state index in [0.717, 1.165) is 32.3 Å². The summed E-state index contributed by atoms with van der Waals surface area (Å²) in [4.78, 5) is 26.6. The Morgan fingerprint density at radius 2 is 1.97 bits per heavy atom. The lowest BCUT2D eigenvalue weighted by molar-refractivity contribution is -0.117. The number of benzene rings is 1. The summed E-state index contributed by atoms with van der Waals surface area (Å²) in [6, 6.07) is 5.22. The van der Waals surface area contributed by atoms with Crippen LogP contribution in [0.25, 0.3) is 0 Å². The second-order valence-electron chi connectivity index (χ2n) is 9.25. The summed E-state index contributed by atoms with van der Waals surface area (Å²) in [5.41, 5.74) is 0.0655. The minimum absolute atomic E-state index is 0.0834. The zero-order valence-corrected chi connectivity index (χ0v) is 19.4. The Morgan fingerprint density at radius 3 is 2.61 bits per heavy atom. The fourth-order valence-corrected chi connectivity index (χ4v) is 3.97. The van der Waals surface area contributed by atoms with Gasteiger partial charge in [0.25, 0.3) is 0 Å². The van der Waals surface area contributed by atoms with Gasteiger partial charge in [0.15, 0.2) is 0 Å². The fraction of sp³-hybridized carbons (Fsp3) is 0.652. The summed E-state index contributed by atoms with van der Waals surface area (Å²) in [5.74, 6) is 0.724. The molecule has 1 unspecified atom stereocenters. The molecule has 0 spiro atoms. The number of amides is 2. The molecule has 1 aromatic carbocycles. The molecular formula is C23H33ClN2O5. The highest BCUT2D eigenvalue weighted by Gasteiger charge is 2.28. The number of nitrogens with zero attached hydrogens (tertiary/aromatic N) is 1. The number of anilines is 1. The predicted octanol–water partition coefficient (Wildman–Crippen LogP) is 4.87. The third kappa shape index (κ3) is 7.58. The van der Waals surface area contributed by atoms with E-state index in [0.29, 0.717) is 42.6 Å². The maximum atomic E-state index is 12.7. The number of likely N-dealkylation sites (tertiary alicyclic amines) is 1. The van der Waals surface area contributed by atoms with Gasteiger partial charge in [-0.3, -0.25) is 4.79 Å². The van der Waals surface area contributed by atoms with Gasteiger partial charge in [0, 0.05) is 31.1 Å². The highest BCUT2D eigenvalue weighted by molar-refractivity contribution is 6.31. The van der Waals surface area contributed by atoms with E-state index >= 15 is 0 Å². The Bertz CT molecular complexity index is 766. The van der Waals surface area contributed by atoms with Crippen molar-refractivity contribution < 1.29 is 23.8 Å². The molecule has 0 aromatic heterocycles. The minimum atomic E-state index is -0.506. The number of piperidine rings is 1. The summed E-state index contributed by atoms with van der Waals surface area (Å²) in [7, 11) is 0. The van der Waals surface area contributed by atoms with Crippen LogP contribution in [0.4, 0.5) is 10.5 Å². The third-order valence-electron chi connectivity index (χ3n) is 5.40. The Balaban J connectivity index is 1.48. The molecule has 172 valence electrons. The Kier molecular flexibility index (Phi) is 8.06. The molecule has 2 saturated heterocycles. The largest absolute Gasteiger partial charge is 0.489 e.